The minimum atomic E-state index is -0.228. The van der Waals surface area contributed by atoms with E-state index in [1.54, 1.807) is 7.11 Å². The molecule has 2 amide bonds. The fraction of sp³-hybridized carbons (Fsp3) is 0.412. The Bertz CT molecular complexity index is 605. The molecule has 0 spiro atoms. The number of hydrogen-bond acceptors (Lipinski definition) is 4. The summed E-state index contributed by atoms with van der Waals surface area (Å²) in [5, 5.41) is 0.231. The molecule has 1 aliphatic rings. The first-order valence-electron chi connectivity index (χ1n) is 7.28. The Labute approximate surface area is 135 Å². The van der Waals surface area contributed by atoms with Crippen molar-refractivity contribution in [2.45, 2.75) is 26.0 Å². The quantitative estimate of drug-likeness (QED) is 0.757. The second-order valence-electron chi connectivity index (χ2n) is 5.49. The summed E-state index contributed by atoms with van der Waals surface area (Å²) < 4.78 is 5.00. The number of amides is 2. The van der Waals surface area contributed by atoms with Gasteiger partial charge in [0.2, 0.25) is 0 Å². The molecule has 5 heteroatoms. The number of hydrogen-bond donors (Lipinski definition) is 0. The Morgan fingerprint density at radius 3 is 2.32 bits per heavy atom. The van der Waals surface area contributed by atoms with Gasteiger partial charge in [0.25, 0.3) is 11.8 Å². The average Bonchev–Trinajstić information content (AvgIpc) is 2.69. The first kappa shape index (κ1) is 16.8. The van der Waals surface area contributed by atoms with Crippen LogP contribution in [0, 0.1) is 6.92 Å². The Hall–Kier alpha value is -1.59. The van der Waals surface area contributed by atoms with E-state index in [1.807, 2.05) is 45.0 Å². The molecule has 0 aromatic heterocycles. The Kier molecular flexibility index (Phi) is 5.42. The van der Waals surface area contributed by atoms with Gasteiger partial charge in [-0.3, -0.25) is 14.5 Å². The first-order valence-corrected chi connectivity index (χ1v) is 8.16. The third kappa shape index (κ3) is 3.42. The van der Waals surface area contributed by atoms with E-state index in [9.17, 15) is 9.59 Å². The Morgan fingerprint density at radius 1 is 1.14 bits per heavy atom. The molecule has 0 fully saturated rings. The summed E-state index contributed by atoms with van der Waals surface area (Å²) in [7, 11) is 1.56. The van der Waals surface area contributed by atoms with Gasteiger partial charge in [-0.15, -0.1) is 11.8 Å². The Morgan fingerprint density at radius 2 is 1.77 bits per heavy atom. The molecular formula is C17H21NO3S. The van der Waals surface area contributed by atoms with E-state index in [2.05, 4.69) is 0 Å². The number of imide groups is 1. The molecule has 0 atom stereocenters. The maximum atomic E-state index is 12.7. The SMILES string of the molecule is COCCN1C(=O)C(SC(C)C)=C(c2ccc(C)cc2)C1=O. The lowest BCUT2D eigenvalue weighted by Crippen LogP contribution is -2.34. The van der Waals surface area contributed by atoms with Gasteiger partial charge in [0, 0.05) is 12.4 Å². The van der Waals surface area contributed by atoms with E-state index in [0.29, 0.717) is 17.1 Å². The maximum Gasteiger partial charge on any atom is 0.268 e. The lowest BCUT2D eigenvalue weighted by atomic mass is 10.0. The van der Waals surface area contributed by atoms with Crippen molar-refractivity contribution in [3.05, 3.63) is 40.3 Å². The van der Waals surface area contributed by atoms with Gasteiger partial charge in [-0.05, 0) is 12.5 Å². The highest BCUT2D eigenvalue weighted by Crippen LogP contribution is 2.37. The van der Waals surface area contributed by atoms with Gasteiger partial charge in [-0.25, -0.2) is 0 Å². The predicted octanol–water partition coefficient (Wildman–Crippen LogP) is 2.86. The predicted molar refractivity (Wildman–Crippen MR) is 89.4 cm³/mol. The third-order valence-electron chi connectivity index (χ3n) is 3.34. The lowest BCUT2D eigenvalue weighted by Gasteiger charge is -2.14. The topological polar surface area (TPSA) is 46.6 Å². The highest BCUT2D eigenvalue weighted by Gasteiger charge is 2.39. The molecule has 1 aromatic rings. The molecule has 0 radical (unpaired) electrons. The third-order valence-corrected chi connectivity index (χ3v) is 4.42. The summed E-state index contributed by atoms with van der Waals surface area (Å²) in [6, 6.07) is 7.71. The van der Waals surface area contributed by atoms with Gasteiger partial charge >= 0.3 is 0 Å². The molecule has 22 heavy (non-hydrogen) atoms. The average molecular weight is 319 g/mol. The monoisotopic (exact) mass is 319 g/mol. The molecule has 2 rings (SSSR count). The smallest absolute Gasteiger partial charge is 0.268 e. The molecule has 0 unspecified atom stereocenters. The number of nitrogens with zero attached hydrogens (tertiary/aromatic N) is 1. The van der Waals surface area contributed by atoms with Crippen LogP contribution in [0.4, 0.5) is 0 Å². The lowest BCUT2D eigenvalue weighted by molar-refractivity contribution is -0.137. The zero-order valence-corrected chi connectivity index (χ0v) is 14.2. The summed E-state index contributed by atoms with van der Waals surface area (Å²) in [5.41, 5.74) is 2.43. The van der Waals surface area contributed by atoms with Crippen molar-refractivity contribution in [3.63, 3.8) is 0 Å². The van der Waals surface area contributed by atoms with Crippen LogP contribution >= 0.6 is 11.8 Å². The van der Waals surface area contributed by atoms with Crippen LogP contribution < -0.4 is 0 Å². The van der Waals surface area contributed by atoms with Crippen LogP contribution in [0.3, 0.4) is 0 Å². The fourth-order valence-electron chi connectivity index (χ4n) is 2.26. The molecule has 1 aromatic carbocycles. The highest BCUT2D eigenvalue weighted by atomic mass is 32.2. The second kappa shape index (κ2) is 7.11. The largest absolute Gasteiger partial charge is 0.383 e. The van der Waals surface area contributed by atoms with Crippen LogP contribution in [0.1, 0.15) is 25.0 Å². The number of benzene rings is 1. The number of methoxy groups -OCH3 is 1. The van der Waals surface area contributed by atoms with Crippen molar-refractivity contribution in [1.82, 2.24) is 4.90 Å². The summed E-state index contributed by atoms with van der Waals surface area (Å²) in [5.74, 6) is -0.439. The van der Waals surface area contributed by atoms with Crippen molar-refractivity contribution in [2.24, 2.45) is 0 Å². The molecule has 0 saturated heterocycles. The second-order valence-corrected chi connectivity index (χ2v) is 7.08. The minimum Gasteiger partial charge on any atom is -0.383 e. The number of ether oxygens (including phenoxy) is 1. The van der Waals surface area contributed by atoms with Crippen LogP contribution in [-0.4, -0.2) is 42.2 Å². The number of carbonyl (C=O) groups excluding carboxylic acids is 2. The number of aryl methyl sites for hydroxylation is 1. The molecule has 1 aliphatic heterocycles. The zero-order valence-electron chi connectivity index (χ0n) is 13.4. The van der Waals surface area contributed by atoms with E-state index < -0.39 is 0 Å². The van der Waals surface area contributed by atoms with E-state index in [1.165, 1.54) is 16.7 Å². The van der Waals surface area contributed by atoms with Crippen molar-refractivity contribution >= 4 is 29.1 Å². The van der Waals surface area contributed by atoms with Crippen LogP contribution in [-0.2, 0) is 14.3 Å². The summed E-state index contributed by atoms with van der Waals surface area (Å²) in [6.45, 7) is 6.65. The summed E-state index contributed by atoms with van der Waals surface area (Å²) in [6.07, 6.45) is 0. The van der Waals surface area contributed by atoms with Crippen LogP contribution in [0.15, 0.2) is 29.2 Å². The summed E-state index contributed by atoms with van der Waals surface area (Å²) >= 11 is 1.45. The number of thioether (sulfide) groups is 1. The molecule has 0 aliphatic carbocycles. The van der Waals surface area contributed by atoms with Gasteiger partial charge in [0.05, 0.1) is 23.6 Å². The van der Waals surface area contributed by atoms with E-state index >= 15 is 0 Å². The molecule has 0 bridgehead atoms. The molecule has 0 saturated carbocycles. The molecule has 4 nitrogen and oxygen atoms in total. The number of carbonyl (C=O) groups is 2. The van der Waals surface area contributed by atoms with Gasteiger partial charge in [-0.2, -0.15) is 0 Å². The van der Waals surface area contributed by atoms with E-state index in [4.69, 9.17) is 4.74 Å². The van der Waals surface area contributed by atoms with Gasteiger partial charge in [0.1, 0.15) is 0 Å². The standard InChI is InChI=1S/C17H21NO3S/c1-11(2)22-15-14(13-7-5-12(3)6-8-13)16(19)18(17(15)20)9-10-21-4/h5-8,11H,9-10H2,1-4H3. The highest BCUT2D eigenvalue weighted by molar-refractivity contribution is 8.04. The Balaban J connectivity index is 2.42. The van der Waals surface area contributed by atoms with Crippen molar-refractivity contribution in [1.29, 1.82) is 0 Å². The molecule has 1 heterocycles. The van der Waals surface area contributed by atoms with Crippen LogP contribution in [0.25, 0.3) is 5.57 Å². The van der Waals surface area contributed by atoms with Crippen LogP contribution in [0.5, 0.6) is 0 Å². The van der Waals surface area contributed by atoms with Gasteiger partial charge < -0.3 is 4.74 Å². The van der Waals surface area contributed by atoms with Crippen molar-refractivity contribution < 1.29 is 14.3 Å². The molecule has 0 N–H and O–H groups in total. The fourth-order valence-corrected chi connectivity index (χ4v) is 3.26. The van der Waals surface area contributed by atoms with Crippen LogP contribution in [0.2, 0.25) is 0 Å². The normalized spacial score (nSPS) is 15.4. The molecular weight excluding hydrogens is 298 g/mol. The van der Waals surface area contributed by atoms with Gasteiger partial charge in [-0.1, -0.05) is 43.7 Å². The minimum absolute atomic E-state index is 0.212. The number of rotatable bonds is 6. The molecule has 118 valence electrons. The maximum absolute atomic E-state index is 12.7. The zero-order chi connectivity index (χ0) is 16.3. The van der Waals surface area contributed by atoms with E-state index in [-0.39, 0.29) is 23.6 Å². The van der Waals surface area contributed by atoms with Gasteiger partial charge in [0.15, 0.2) is 0 Å². The van der Waals surface area contributed by atoms with Crippen molar-refractivity contribution in [2.75, 3.05) is 20.3 Å². The summed E-state index contributed by atoms with van der Waals surface area (Å²) in [4.78, 5) is 27.1. The first-order chi connectivity index (χ1) is 10.5. The van der Waals surface area contributed by atoms with E-state index in [0.717, 1.165) is 11.1 Å². The van der Waals surface area contributed by atoms with Crippen molar-refractivity contribution in [3.8, 4) is 0 Å².